The van der Waals surface area contributed by atoms with Gasteiger partial charge in [0.05, 0.1) is 25.0 Å². The van der Waals surface area contributed by atoms with Gasteiger partial charge >= 0.3 is 6.09 Å². The van der Waals surface area contributed by atoms with E-state index >= 15 is 8.78 Å². The van der Waals surface area contributed by atoms with Crippen molar-refractivity contribution in [1.82, 2.24) is 24.6 Å². The molecule has 0 saturated carbocycles. The smallest absolute Gasteiger partial charge is 0.414 e. The van der Waals surface area contributed by atoms with Crippen molar-refractivity contribution in [3.63, 3.8) is 0 Å². The fraction of sp³-hybridized carbons (Fsp3) is 0.385. The van der Waals surface area contributed by atoms with E-state index in [-0.39, 0.29) is 75.1 Å². The van der Waals surface area contributed by atoms with Crippen molar-refractivity contribution in [2.24, 2.45) is 0 Å². The summed E-state index contributed by atoms with van der Waals surface area (Å²) >= 11 is 0. The molecule has 2 aliphatic rings. The van der Waals surface area contributed by atoms with E-state index in [1.54, 1.807) is 16.8 Å². The van der Waals surface area contributed by atoms with E-state index in [0.717, 1.165) is 17.0 Å². The van der Waals surface area contributed by atoms with Crippen LogP contribution in [0.3, 0.4) is 0 Å². The lowest BCUT2D eigenvalue weighted by Gasteiger charge is -2.36. The van der Waals surface area contributed by atoms with Gasteiger partial charge in [-0.2, -0.15) is 0 Å². The number of rotatable bonds is 9. The first kappa shape index (κ1) is 27.9. The van der Waals surface area contributed by atoms with Crippen molar-refractivity contribution in [2.75, 3.05) is 55.7 Å². The molecule has 3 aromatic rings. The molecule has 4 heterocycles. The number of imidazole rings is 1. The van der Waals surface area contributed by atoms with E-state index in [9.17, 15) is 19.2 Å². The number of benzene rings is 1. The van der Waals surface area contributed by atoms with Crippen molar-refractivity contribution < 1.29 is 37.8 Å². The van der Waals surface area contributed by atoms with Crippen LogP contribution in [0.4, 0.5) is 25.0 Å². The monoisotopic (exact) mass is 571 g/mol. The van der Waals surface area contributed by atoms with Crippen molar-refractivity contribution >= 4 is 40.7 Å². The molecule has 2 saturated heterocycles. The Hall–Kier alpha value is -4.66. The molecule has 2 aromatic heterocycles. The summed E-state index contributed by atoms with van der Waals surface area (Å²) in [5, 5.41) is 11.4. The molecule has 3 amide bonds. The van der Waals surface area contributed by atoms with Crippen LogP contribution in [0.1, 0.15) is 23.3 Å². The second-order valence-corrected chi connectivity index (χ2v) is 9.63. The number of ether oxygens (including phenoxy) is 1. The Balaban J connectivity index is 1.14. The molecule has 2 aliphatic heterocycles. The van der Waals surface area contributed by atoms with E-state index in [0.29, 0.717) is 5.65 Å². The molecule has 41 heavy (non-hydrogen) atoms. The molecule has 1 atom stereocenters. The Labute approximate surface area is 232 Å². The largest absolute Gasteiger partial charge is 0.444 e. The zero-order chi connectivity index (χ0) is 29.1. The molecule has 0 radical (unpaired) electrons. The third kappa shape index (κ3) is 6.09. The first-order chi connectivity index (χ1) is 19.7. The Bertz CT molecular complexity index is 1430. The van der Waals surface area contributed by atoms with Gasteiger partial charge in [0.2, 0.25) is 5.91 Å². The van der Waals surface area contributed by atoms with Gasteiger partial charge in [-0.3, -0.25) is 24.3 Å². The molecule has 2 N–H and O–H groups in total. The number of anilines is 2. The highest BCUT2D eigenvalue weighted by atomic mass is 19.1. The molecule has 13 nitrogen and oxygen atoms in total. The molecule has 0 unspecified atom stereocenters. The summed E-state index contributed by atoms with van der Waals surface area (Å²) in [5.74, 6) is -3.00. The number of hydrogen-bond donors (Lipinski definition) is 2. The summed E-state index contributed by atoms with van der Waals surface area (Å²) in [7, 11) is 0. The third-order valence-corrected chi connectivity index (χ3v) is 6.95. The Kier molecular flexibility index (Phi) is 8.05. The number of fused-ring (bicyclic) bond motifs is 1. The van der Waals surface area contributed by atoms with Gasteiger partial charge in [0.25, 0.3) is 5.91 Å². The number of carbonyl (C=O) groups is 4. The second-order valence-electron chi connectivity index (χ2n) is 9.63. The highest BCUT2D eigenvalue weighted by Crippen LogP contribution is 2.32. The highest BCUT2D eigenvalue weighted by molar-refractivity contribution is 5.95. The minimum absolute atomic E-state index is 0.0153. The number of nitrogens with one attached hydrogen (secondary N) is 1. The maximum absolute atomic E-state index is 15.1. The predicted molar refractivity (Wildman–Crippen MR) is 139 cm³/mol. The predicted octanol–water partition coefficient (Wildman–Crippen LogP) is 0.753. The zero-order valence-corrected chi connectivity index (χ0v) is 21.8. The number of ketones is 1. The summed E-state index contributed by atoms with van der Waals surface area (Å²) in [5.41, 5.74) is 0.341. The molecule has 0 aliphatic carbocycles. The summed E-state index contributed by atoms with van der Waals surface area (Å²) in [6.45, 7) is -0.184. The molecule has 0 bridgehead atoms. The molecule has 1 aromatic carbocycles. The number of aliphatic hydroxyl groups excluding tert-OH is 1. The number of halogens is 2. The minimum Gasteiger partial charge on any atom is -0.444 e. The standard InChI is InChI=1S/C26H27F2N7O6/c27-19-9-16(35-13-18(41-26(35)40)2-1-17(37)15-36)10-20(28)24(19)33-7-5-32(6-8-33)23(38)12-30-25(39)21-14-34-4-3-29-11-22(34)31-21/h3-4,9-11,14,18,36H,1-2,5-8,12-13,15H2,(H,30,39)/t18-/m0/s1. The van der Waals surface area contributed by atoms with Gasteiger partial charge in [0.1, 0.15) is 24.1 Å². The zero-order valence-electron chi connectivity index (χ0n) is 21.8. The molecule has 216 valence electrons. The van der Waals surface area contributed by atoms with Crippen molar-refractivity contribution in [1.29, 1.82) is 0 Å². The van der Waals surface area contributed by atoms with Gasteiger partial charge in [-0.05, 0) is 6.42 Å². The van der Waals surface area contributed by atoms with Crippen LogP contribution in [-0.2, 0) is 14.3 Å². The van der Waals surface area contributed by atoms with Crippen LogP contribution in [0.2, 0.25) is 0 Å². The summed E-state index contributed by atoms with van der Waals surface area (Å²) < 4.78 is 37.0. The van der Waals surface area contributed by atoms with Gasteiger partial charge in [-0.15, -0.1) is 0 Å². The Morgan fingerprint density at radius 2 is 1.85 bits per heavy atom. The second kappa shape index (κ2) is 11.8. The molecular weight excluding hydrogens is 544 g/mol. The lowest BCUT2D eigenvalue weighted by atomic mass is 10.1. The normalized spacial score (nSPS) is 17.2. The fourth-order valence-corrected chi connectivity index (χ4v) is 4.78. The van der Waals surface area contributed by atoms with Crippen LogP contribution in [0, 0.1) is 11.6 Å². The van der Waals surface area contributed by atoms with Gasteiger partial charge in [0, 0.05) is 63.3 Å². The average molecular weight is 572 g/mol. The molecular formula is C26H27F2N7O6. The van der Waals surface area contributed by atoms with Crippen LogP contribution >= 0.6 is 0 Å². The summed E-state index contributed by atoms with van der Waals surface area (Å²) in [6.07, 6.45) is 5.01. The van der Waals surface area contributed by atoms with Gasteiger partial charge in [0.15, 0.2) is 23.1 Å². The fourth-order valence-electron chi connectivity index (χ4n) is 4.78. The van der Waals surface area contributed by atoms with Gasteiger partial charge in [-0.1, -0.05) is 0 Å². The van der Waals surface area contributed by atoms with E-state index in [1.165, 1.54) is 22.2 Å². The van der Waals surface area contributed by atoms with Crippen molar-refractivity contribution in [2.45, 2.75) is 18.9 Å². The molecule has 0 spiro atoms. The van der Waals surface area contributed by atoms with Gasteiger partial charge in [-0.25, -0.2) is 18.6 Å². The number of aliphatic hydroxyl groups is 1. The first-order valence-electron chi connectivity index (χ1n) is 12.9. The number of Topliss-reactive ketones (excluding diaryl/α,β-unsaturated/α-hetero) is 1. The maximum Gasteiger partial charge on any atom is 0.414 e. The van der Waals surface area contributed by atoms with Crippen LogP contribution in [-0.4, -0.2) is 100 Å². The van der Waals surface area contributed by atoms with Crippen LogP contribution < -0.4 is 15.1 Å². The highest BCUT2D eigenvalue weighted by Gasteiger charge is 2.34. The maximum atomic E-state index is 15.1. The number of piperazine rings is 1. The Morgan fingerprint density at radius 1 is 1.12 bits per heavy atom. The van der Waals surface area contributed by atoms with Crippen molar-refractivity contribution in [3.05, 3.63) is 54.2 Å². The number of cyclic esters (lactones) is 1. The van der Waals surface area contributed by atoms with Crippen LogP contribution in [0.15, 0.2) is 36.9 Å². The minimum atomic E-state index is -0.874. The number of aromatic nitrogens is 3. The van der Waals surface area contributed by atoms with E-state index in [1.807, 2.05) is 0 Å². The molecule has 15 heteroatoms. The lowest BCUT2D eigenvalue weighted by Crippen LogP contribution is -2.51. The van der Waals surface area contributed by atoms with Crippen LogP contribution in [0.25, 0.3) is 5.65 Å². The number of amides is 3. The lowest BCUT2D eigenvalue weighted by molar-refractivity contribution is -0.130. The molecule has 2 fully saturated rings. The molecule has 5 rings (SSSR count). The van der Waals surface area contributed by atoms with E-state index in [2.05, 4.69) is 15.3 Å². The average Bonchev–Trinajstić information content (AvgIpc) is 3.57. The quantitative estimate of drug-likeness (QED) is 0.379. The Morgan fingerprint density at radius 3 is 2.54 bits per heavy atom. The van der Waals surface area contributed by atoms with Crippen LogP contribution in [0.5, 0.6) is 0 Å². The summed E-state index contributed by atoms with van der Waals surface area (Å²) in [4.78, 5) is 60.8. The van der Waals surface area contributed by atoms with Crippen molar-refractivity contribution in [3.8, 4) is 0 Å². The number of carbonyl (C=O) groups excluding carboxylic acids is 4. The van der Waals surface area contributed by atoms with Gasteiger partial charge < -0.3 is 29.4 Å². The summed E-state index contributed by atoms with van der Waals surface area (Å²) in [6, 6.07) is 2.09. The number of hydrogen-bond acceptors (Lipinski definition) is 9. The third-order valence-electron chi connectivity index (χ3n) is 6.95. The number of nitrogens with zero attached hydrogens (tertiary/aromatic N) is 6. The van der Waals surface area contributed by atoms with E-state index in [4.69, 9.17) is 9.84 Å². The first-order valence-corrected chi connectivity index (χ1v) is 12.9. The topological polar surface area (TPSA) is 150 Å². The van der Waals surface area contributed by atoms with E-state index < -0.39 is 42.1 Å². The SMILES string of the molecule is O=C(CO)CC[C@H]1CN(c2cc(F)c(N3CCN(C(=O)CNC(=O)c4cn5ccncc5n4)CC3)c(F)c2)C(=O)O1.